The highest BCUT2D eigenvalue weighted by molar-refractivity contribution is 6.30. The van der Waals surface area contributed by atoms with Gasteiger partial charge in [-0.3, -0.25) is 19.2 Å². The molecule has 7 heteroatoms. The van der Waals surface area contributed by atoms with Crippen LogP contribution in [0, 0.1) is 0 Å². The first-order valence-corrected chi connectivity index (χ1v) is 9.94. The molecular weight excluding hydrogens is 416 g/mol. The number of nitrogens with zero attached hydrogens (tertiary/aromatic N) is 2. The molecule has 0 radical (unpaired) electrons. The zero-order valence-corrected chi connectivity index (χ0v) is 17.2. The molecule has 0 saturated carbocycles. The lowest BCUT2D eigenvalue weighted by molar-refractivity contribution is -0.00680. The molecule has 0 unspecified atom stereocenters. The Kier molecular flexibility index (Phi) is 5.40. The lowest BCUT2D eigenvalue weighted by atomic mass is 10.0. The van der Waals surface area contributed by atoms with Gasteiger partial charge in [-0.15, -0.1) is 0 Å². The highest BCUT2D eigenvalue weighted by Gasteiger charge is 2.44. The van der Waals surface area contributed by atoms with Gasteiger partial charge in [-0.2, -0.15) is 5.01 Å². The van der Waals surface area contributed by atoms with Crippen LogP contribution in [0.1, 0.15) is 48.4 Å². The first-order valence-electron chi connectivity index (χ1n) is 9.56. The number of rotatable bonds is 5. The first kappa shape index (κ1) is 20.5. The second-order valence-electron chi connectivity index (χ2n) is 7.03. The summed E-state index contributed by atoms with van der Waals surface area (Å²) < 4.78 is 0. The van der Waals surface area contributed by atoms with Gasteiger partial charge in [0.05, 0.1) is 11.1 Å². The molecule has 0 bridgehead atoms. The lowest BCUT2D eigenvalue weighted by Gasteiger charge is -2.34. The van der Waals surface area contributed by atoms with Crippen LogP contribution >= 0.6 is 11.6 Å². The molecule has 0 spiro atoms. The molecule has 0 N–H and O–H groups in total. The Morgan fingerprint density at radius 3 is 1.84 bits per heavy atom. The van der Waals surface area contributed by atoms with Crippen molar-refractivity contribution in [2.45, 2.75) is 13.0 Å². The predicted molar refractivity (Wildman–Crippen MR) is 115 cm³/mol. The molecule has 1 aliphatic rings. The first-order chi connectivity index (χ1) is 14.9. The fourth-order valence-electron chi connectivity index (χ4n) is 3.49. The van der Waals surface area contributed by atoms with Gasteiger partial charge >= 0.3 is 0 Å². The maximum Gasteiger partial charge on any atom is 0.280 e. The normalized spacial score (nSPS) is 13.7. The molecule has 1 atom stereocenters. The van der Waals surface area contributed by atoms with Crippen LogP contribution in [-0.4, -0.2) is 39.6 Å². The summed E-state index contributed by atoms with van der Waals surface area (Å²) in [6.07, 6.45) is 0. The summed E-state index contributed by atoms with van der Waals surface area (Å²) in [4.78, 5) is 52.8. The van der Waals surface area contributed by atoms with E-state index in [-0.39, 0.29) is 16.7 Å². The predicted octanol–water partition coefficient (Wildman–Crippen LogP) is 4.26. The summed E-state index contributed by atoms with van der Waals surface area (Å²) in [5.74, 6) is -2.38. The number of imide groups is 1. The second-order valence-corrected chi connectivity index (χ2v) is 7.47. The maximum absolute atomic E-state index is 13.4. The molecule has 0 saturated heterocycles. The van der Waals surface area contributed by atoms with E-state index >= 15 is 0 Å². The number of halogens is 1. The van der Waals surface area contributed by atoms with Gasteiger partial charge in [0.2, 0.25) is 0 Å². The Balaban J connectivity index is 1.79. The molecule has 1 aliphatic heterocycles. The van der Waals surface area contributed by atoms with Crippen molar-refractivity contribution in [3.63, 3.8) is 0 Å². The van der Waals surface area contributed by atoms with Crippen LogP contribution in [0.25, 0.3) is 0 Å². The Labute approximate surface area is 183 Å². The fourth-order valence-corrected chi connectivity index (χ4v) is 3.62. The van der Waals surface area contributed by atoms with E-state index in [1.807, 2.05) is 0 Å². The van der Waals surface area contributed by atoms with E-state index in [0.717, 1.165) is 10.0 Å². The van der Waals surface area contributed by atoms with E-state index in [9.17, 15) is 19.2 Å². The average Bonchev–Trinajstić information content (AvgIpc) is 3.05. The van der Waals surface area contributed by atoms with E-state index < -0.39 is 29.5 Å². The number of carbonyl (C=O) groups is 4. The van der Waals surface area contributed by atoms with Crippen molar-refractivity contribution in [2.24, 2.45) is 0 Å². The number of ketones is 1. The smallest absolute Gasteiger partial charge is 0.280 e. The molecule has 6 nitrogen and oxygen atoms in total. The van der Waals surface area contributed by atoms with E-state index in [1.165, 1.54) is 43.3 Å². The minimum Gasteiger partial charge on any atom is -0.292 e. The van der Waals surface area contributed by atoms with Crippen molar-refractivity contribution >= 4 is 35.1 Å². The largest absolute Gasteiger partial charge is 0.292 e. The molecule has 0 aromatic heterocycles. The van der Waals surface area contributed by atoms with Crippen LogP contribution in [0.4, 0.5) is 0 Å². The number of hydrogen-bond donors (Lipinski definition) is 0. The zero-order chi connectivity index (χ0) is 22.1. The maximum atomic E-state index is 13.4. The Hall–Kier alpha value is -3.77. The van der Waals surface area contributed by atoms with Crippen molar-refractivity contribution in [2.75, 3.05) is 0 Å². The molecule has 4 rings (SSSR count). The Morgan fingerprint density at radius 1 is 0.774 bits per heavy atom. The number of benzene rings is 3. The SMILES string of the molecule is C[C@@H](C(=O)c1ccccc1)N(C(=O)c1ccc(Cl)cc1)N1C(=O)c2ccccc2C1=O. The summed E-state index contributed by atoms with van der Waals surface area (Å²) in [5.41, 5.74) is 0.913. The molecule has 3 aromatic carbocycles. The van der Waals surface area contributed by atoms with Gasteiger partial charge < -0.3 is 0 Å². The fraction of sp³-hybridized carbons (Fsp3) is 0.0833. The topological polar surface area (TPSA) is 74.8 Å². The van der Waals surface area contributed by atoms with E-state index in [1.54, 1.807) is 42.5 Å². The standard InChI is InChI=1S/C24H17ClN2O4/c1-15(21(28)16-7-3-2-4-8-16)26(22(29)17-11-13-18(25)14-12-17)27-23(30)19-9-5-6-10-20(19)24(27)31/h2-15H,1H3/t15-/m0/s1. The molecule has 3 aromatic rings. The third kappa shape index (κ3) is 3.62. The third-order valence-electron chi connectivity index (χ3n) is 5.09. The molecule has 3 amide bonds. The number of amides is 3. The van der Waals surface area contributed by atoms with Crippen LogP contribution in [0.2, 0.25) is 5.02 Å². The molecule has 31 heavy (non-hydrogen) atoms. The number of fused-ring (bicyclic) bond motifs is 1. The summed E-state index contributed by atoms with van der Waals surface area (Å²) in [5, 5.41) is 2.12. The monoisotopic (exact) mass is 432 g/mol. The summed E-state index contributed by atoms with van der Waals surface area (Å²) in [7, 11) is 0. The molecule has 0 fully saturated rings. The van der Waals surface area contributed by atoms with Crippen molar-refractivity contribution in [1.29, 1.82) is 0 Å². The number of carbonyl (C=O) groups excluding carboxylic acids is 4. The third-order valence-corrected chi connectivity index (χ3v) is 5.34. The second kappa shape index (κ2) is 8.16. The van der Waals surface area contributed by atoms with Crippen molar-refractivity contribution in [3.05, 3.63) is 106 Å². The summed E-state index contributed by atoms with van der Waals surface area (Å²) in [6.45, 7) is 1.49. The molecule has 154 valence electrons. The van der Waals surface area contributed by atoms with E-state index in [4.69, 9.17) is 11.6 Å². The van der Waals surface area contributed by atoms with Crippen molar-refractivity contribution in [3.8, 4) is 0 Å². The average molecular weight is 433 g/mol. The van der Waals surface area contributed by atoms with Crippen LogP contribution in [-0.2, 0) is 0 Å². The van der Waals surface area contributed by atoms with Crippen LogP contribution in [0.3, 0.4) is 0 Å². The van der Waals surface area contributed by atoms with E-state index in [2.05, 4.69) is 0 Å². The molecular formula is C24H17ClN2O4. The lowest BCUT2D eigenvalue weighted by Crippen LogP contribution is -2.56. The molecule has 1 heterocycles. The van der Waals surface area contributed by atoms with Crippen molar-refractivity contribution < 1.29 is 19.2 Å². The van der Waals surface area contributed by atoms with Crippen LogP contribution in [0.5, 0.6) is 0 Å². The van der Waals surface area contributed by atoms with Crippen molar-refractivity contribution in [1.82, 2.24) is 10.0 Å². The van der Waals surface area contributed by atoms with Crippen LogP contribution in [0.15, 0.2) is 78.9 Å². The van der Waals surface area contributed by atoms with Gasteiger partial charge in [0.25, 0.3) is 17.7 Å². The summed E-state index contributed by atoms with van der Waals surface area (Å²) in [6, 6.07) is 19.6. The van der Waals surface area contributed by atoms with E-state index in [0.29, 0.717) is 10.6 Å². The highest BCUT2D eigenvalue weighted by atomic mass is 35.5. The highest BCUT2D eigenvalue weighted by Crippen LogP contribution is 2.27. The Morgan fingerprint density at radius 2 is 1.29 bits per heavy atom. The minimum atomic E-state index is -1.12. The Bertz CT molecular complexity index is 1160. The van der Waals surface area contributed by atoms with Gasteiger partial charge in [-0.05, 0) is 43.3 Å². The molecule has 0 aliphatic carbocycles. The number of hydrogen-bond acceptors (Lipinski definition) is 4. The zero-order valence-electron chi connectivity index (χ0n) is 16.5. The van der Waals surface area contributed by atoms with Gasteiger partial charge in [-0.1, -0.05) is 54.1 Å². The quantitative estimate of drug-likeness (QED) is 0.446. The number of hydrazine groups is 1. The van der Waals surface area contributed by atoms with Gasteiger partial charge in [0.15, 0.2) is 5.78 Å². The number of Topliss-reactive ketones (excluding diaryl/α,β-unsaturated/α-hetero) is 1. The van der Waals surface area contributed by atoms with Gasteiger partial charge in [-0.25, -0.2) is 5.01 Å². The van der Waals surface area contributed by atoms with Gasteiger partial charge in [0.1, 0.15) is 6.04 Å². The van der Waals surface area contributed by atoms with Crippen LogP contribution < -0.4 is 0 Å². The van der Waals surface area contributed by atoms with Gasteiger partial charge in [0, 0.05) is 16.1 Å². The summed E-state index contributed by atoms with van der Waals surface area (Å²) >= 11 is 5.93. The minimum absolute atomic E-state index is 0.181.